The molecule has 0 aromatic carbocycles. The lowest BCUT2D eigenvalue weighted by molar-refractivity contribution is -0.132. The standard InChI is InChI=1S/C18H20N4O4S3/c23-15(5-9-22-12-19-17-14(18(22)24)6-11-28-17)21-7-3-13(4-8-21)20-29(25,26)16-2-1-10-27-16/h1-2,6,10-13,20H,3-5,7-9H2. The molecule has 1 saturated heterocycles. The van der Waals surface area contributed by atoms with Crippen molar-refractivity contribution < 1.29 is 13.2 Å². The van der Waals surface area contributed by atoms with Crippen molar-refractivity contribution in [3.05, 3.63) is 45.6 Å². The fraction of sp³-hybridized carbons (Fsp3) is 0.389. The number of hydrogen-bond donors (Lipinski definition) is 1. The number of thiophene rings is 2. The van der Waals surface area contributed by atoms with E-state index in [1.54, 1.807) is 28.5 Å². The van der Waals surface area contributed by atoms with E-state index in [9.17, 15) is 18.0 Å². The minimum Gasteiger partial charge on any atom is -0.343 e. The average molecular weight is 453 g/mol. The van der Waals surface area contributed by atoms with Crippen LogP contribution in [0.15, 0.2) is 44.3 Å². The predicted octanol–water partition coefficient (Wildman–Crippen LogP) is 1.88. The van der Waals surface area contributed by atoms with E-state index in [2.05, 4.69) is 9.71 Å². The number of likely N-dealkylation sites (tertiary alicyclic amines) is 1. The Hall–Kier alpha value is -2.08. The molecule has 11 heteroatoms. The average Bonchev–Trinajstić information content (AvgIpc) is 3.40. The highest BCUT2D eigenvalue weighted by molar-refractivity contribution is 7.91. The molecule has 0 unspecified atom stereocenters. The molecule has 1 fully saturated rings. The summed E-state index contributed by atoms with van der Waals surface area (Å²) in [5, 5.41) is 4.13. The zero-order valence-electron chi connectivity index (χ0n) is 15.5. The molecule has 1 aliphatic heterocycles. The molecule has 4 rings (SSSR count). The SMILES string of the molecule is O=C(CCn1cnc2sccc2c1=O)N1CCC(NS(=O)(=O)c2cccs2)CC1. The highest BCUT2D eigenvalue weighted by atomic mass is 32.2. The van der Waals surface area contributed by atoms with E-state index in [0.29, 0.717) is 40.4 Å². The Morgan fingerprint density at radius 2 is 2.00 bits per heavy atom. The number of fused-ring (bicyclic) bond motifs is 1. The van der Waals surface area contributed by atoms with Gasteiger partial charge >= 0.3 is 0 Å². The number of aromatic nitrogens is 2. The van der Waals surface area contributed by atoms with Gasteiger partial charge in [-0.15, -0.1) is 22.7 Å². The first-order chi connectivity index (χ1) is 13.9. The van der Waals surface area contributed by atoms with Crippen molar-refractivity contribution in [2.75, 3.05) is 13.1 Å². The highest BCUT2D eigenvalue weighted by Crippen LogP contribution is 2.19. The van der Waals surface area contributed by atoms with Gasteiger partial charge in [-0.2, -0.15) is 0 Å². The highest BCUT2D eigenvalue weighted by Gasteiger charge is 2.27. The summed E-state index contributed by atoms with van der Waals surface area (Å²) in [7, 11) is -3.50. The van der Waals surface area contributed by atoms with Crippen molar-refractivity contribution in [2.24, 2.45) is 0 Å². The first-order valence-electron chi connectivity index (χ1n) is 9.20. The van der Waals surface area contributed by atoms with E-state index in [1.807, 2.05) is 5.38 Å². The molecule has 3 aromatic rings. The Balaban J connectivity index is 1.30. The van der Waals surface area contributed by atoms with Crippen LogP contribution in [0.2, 0.25) is 0 Å². The summed E-state index contributed by atoms with van der Waals surface area (Å²) in [6.07, 6.45) is 2.83. The van der Waals surface area contributed by atoms with E-state index in [-0.39, 0.29) is 30.5 Å². The summed E-state index contributed by atoms with van der Waals surface area (Å²) in [5.74, 6) is -0.0399. The second-order valence-electron chi connectivity index (χ2n) is 6.84. The van der Waals surface area contributed by atoms with E-state index in [1.165, 1.54) is 33.6 Å². The number of piperidine rings is 1. The largest absolute Gasteiger partial charge is 0.343 e. The molecule has 3 aromatic heterocycles. The number of sulfonamides is 1. The maximum Gasteiger partial charge on any atom is 0.262 e. The van der Waals surface area contributed by atoms with Crippen LogP contribution in [0.5, 0.6) is 0 Å². The van der Waals surface area contributed by atoms with Crippen LogP contribution < -0.4 is 10.3 Å². The molecule has 0 atom stereocenters. The number of carbonyl (C=O) groups excluding carboxylic acids is 1. The van der Waals surface area contributed by atoms with Gasteiger partial charge in [0.25, 0.3) is 5.56 Å². The predicted molar refractivity (Wildman–Crippen MR) is 113 cm³/mol. The Morgan fingerprint density at radius 1 is 1.21 bits per heavy atom. The molecule has 0 aliphatic carbocycles. The third-order valence-electron chi connectivity index (χ3n) is 4.95. The van der Waals surface area contributed by atoms with Gasteiger partial charge in [0.1, 0.15) is 9.04 Å². The van der Waals surface area contributed by atoms with Crippen LogP contribution >= 0.6 is 22.7 Å². The Kier molecular flexibility index (Phi) is 5.81. The van der Waals surface area contributed by atoms with Crippen LogP contribution in [0, 0.1) is 0 Å². The number of amides is 1. The monoisotopic (exact) mass is 452 g/mol. The number of hydrogen-bond acceptors (Lipinski definition) is 7. The van der Waals surface area contributed by atoms with E-state index >= 15 is 0 Å². The van der Waals surface area contributed by atoms with E-state index in [4.69, 9.17) is 0 Å². The number of aryl methyl sites for hydroxylation is 1. The summed E-state index contributed by atoms with van der Waals surface area (Å²) in [4.78, 5) is 31.6. The summed E-state index contributed by atoms with van der Waals surface area (Å²) >= 11 is 2.60. The van der Waals surface area contributed by atoms with Gasteiger partial charge in [0, 0.05) is 32.1 Å². The number of rotatable bonds is 6. The summed E-state index contributed by atoms with van der Waals surface area (Å²) in [5.41, 5.74) is -0.134. The fourth-order valence-corrected chi connectivity index (χ4v) is 6.41. The van der Waals surface area contributed by atoms with Gasteiger partial charge in [0.15, 0.2) is 0 Å². The van der Waals surface area contributed by atoms with Gasteiger partial charge in [0.05, 0.1) is 11.7 Å². The lowest BCUT2D eigenvalue weighted by atomic mass is 10.1. The molecule has 4 heterocycles. The normalized spacial score (nSPS) is 15.8. The van der Waals surface area contributed by atoms with Crippen molar-refractivity contribution in [1.82, 2.24) is 19.2 Å². The van der Waals surface area contributed by atoms with Crippen molar-refractivity contribution in [3.8, 4) is 0 Å². The Bertz CT molecular complexity index is 1160. The van der Waals surface area contributed by atoms with Crippen LogP contribution in [0.3, 0.4) is 0 Å². The van der Waals surface area contributed by atoms with Crippen molar-refractivity contribution in [3.63, 3.8) is 0 Å². The molecule has 1 amide bonds. The summed E-state index contributed by atoms with van der Waals surface area (Å²) < 4.78 is 29.1. The first kappa shape index (κ1) is 20.2. The lowest BCUT2D eigenvalue weighted by Gasteiger charge is -2.32. The quantitative estimate of drug-likeness (QED) is 0.615. The molecule has 154 valence electrons. The van der Waals surface area contributed by atoms with Gasteiger partial charge in [-0.25, -0.2) is 18.1 Å². The Morgan fingerprint density at radius 3 is 2.72 bits per heavy atom. The van der Waals surface area contributed by atoms with Gasteiger partial charge in [-0.3, -0.25) is 14.2 Å². The number of nitrogens with zero attached hydrogens (tertiary/aromatic N) is 3. The Labute approximate surface area is 175 Å². The van der Waals surface area contributed by atoms with Gasteiger partial charge in [0.2, 0.25) is 15.9 Å². The molecule has 1 aliphatic rings. The molecule has 0 radical (unpaired) electrons. The topological polar surface area (TPSA) is 101 Å². The van der Waals surface area contributed by atoms with Crippen LogP contribution in [-0.4, -0.2) is 47.9 Å². The van der Waals surface area contributed by atoms with Crippen molar-refractivity contribution in [1.29, 1.82) is 0 Å². The van der Waals surface area contributed by atoms with Crippen LogP contribution in [0.1, 0.15) is 19.3 Å². The third kappa shape index (κ3) is 4.42. The smallest absolute Gasteiger partial charge is 0.262 e. The number of nitrogens with one attached hydrogen (secondary N) is 1. The van der Waals surface area contributed by atoms with Crippen molar-refractivity contribution in [2.45, 2.75) is 36.1 Å². The second-order valence-corrected chi connectivity index (χ2v) is 10.6. The molecule has 0 bridgehead atoms. The van der Waals surface area contributed by atoms with Crippen molar-refractivity contribution >= 4 is 48.8 Å². The maximum atomic E-state index is 12.5. The number of carbonyl (C=O) groups is 1. The minimum atomic E-state index is -3.50. The second kappa shape index (κ2) is 8.34. The molecule has 8 nitrogen and oxygen atoms in total. The molecular weight excluding hydrogens is 432 g/mol. The van der Waals surface area contributed by atoms with Gasteiger partial charge in [-0.1, -0.05) is 6.07 Å². The first-order valence-corrected chi connectivity index (χ1v) is 12.4. The van der Waals surface area contributed by atoms with E-state index < -0.39 is 10.0 Å². The zero-order valence-corrected chi connectivity index (χ0v) is 17.9. The molecule has 1 N–H and O–H groups in total. The molecule has 29 heavy (non-hydrogen) atoms. The van der Waals surface area contributed by atoms with Crippen LogP contribution in [0.25, 0.3) is 10.2 Å². The fourth-order valence-electron chi connectivity index (χ4n) is 3.37. The minimum absolute atomic E-state index is 0.0399. The maximum absolute atomic E-state index is 12.5. The zero-order chi connectivity index (χ0) is 20.4. The van der Waals surface area contributed by atoms with Crippen LogP contribution in [-0.2, 0) is 21.4 Å². The molecule has 0 saturated carbocycles. The molecule has 0 spiro atoms. The summed E-state index contributed by atoms with van der Waals surface area (Å²) in [6.45, 7) is 1.27. The summed E-state index contributed by atoms with van der Waals surface area (Å²) in [6, 6.07) is 4.85. The van der Waals surface area contributed by atoms with Gasteiger partial charge < -0.3 is 4.90 Å². The van der Waals surface area contributed by atoms with E-state index in [0.717, 1.165) is 0 Å². The lowest BCUT2D eigenvalue weighted by Crippen LogP contribution is -2.46. The third-order valence-corrected chi connectivity index (χ3v) is 8.69. The van der Waals surface area contributed by atoms with Gasteiger partial charge in [-0.05, 0) is 35.7 Å². The molecular formula is C18H20N4O4S3. The van der Waals surface area contributed by atoms with Crippen LogP contribution in [0.4, 0.5) is 0 Å².